The first-order chi connectivity index (χ1) is 12.4. The number of nitrogens with zero attached hydrogens (tertiary/aromatic N) is 2. The van der Waals surface area contributed by atoms with Crippen molar-refractivity contribution in [3.63, 3.8) is 0 Å². The Morgan fingerprint density at radius 1 is 1.15 bits per heavy atom. The zero-order valence-electron chi connectivity index (χ0n) is 14.7. The minimum atomic E-state index is -0.739. The Hall–Kier alpha value is -3.36. The second kappa shape index (κ2) is 6.51. The summed E-state index contributed by atoms with van der Waals surface area (Å²) in [4.78, 5) is 25.1. The third-order valence-corrected chi connectivity index (χ3v) is 4.31. The van der Waals surface area contributed by atoms with Crippen LogP contribution >= 0.6 is 0 Å². The molecule has 2 aromatic rings. The number of aromatic nitrogens is 2. The molecule has 9 heteroatoms. The first kappa shape index (κ1) is 17.5. The molecule has 136 valence electrons. The van der Waals surface area contributed by atoms with Crippen molar-refractivity contribution >= 4 is 23.0 Å². The highest BCUT2D eigenvalue weighted by atomic mass is 16.8. The molecule has 26 heavy (non-hydrogen) atoms. The summed E-state index contributed by atoms with van der Waals surface area (Å²) in [5, 5.41) is 18.2. The first-order valence-corrected chi connectivity index (χ1v) is 7.73. The molecular formula is C17H17N3O6. The molecule has 0 spiro atoms. The van der Waals surface area contributed by atoms with E-state index in [1.807, 2.05) is 0 Å². The molecule has 3 rings (SSSR count). The van der Waals surface area contributed by atoms with Gasteiger partial charge in [-0.05, 0) is 30.4 Å². The van der Waals surface area contributed by atoms with Crippen LogP contribution in [-0.4, -0.2) is 31.3 Å². The Kier molecular flexibility index (Phi) is 4.37. The lowest BCUT2D eigenvalue weighted by molar-refractivity contribution is -0.782. The topological polar surface area (TPSA) is 118 Å². The molecule has 0 atom stereocenters. The maximum Gasteiger partial charge on any atom is 0.336 e. The van der Waals surface area contributed by atoms with E-state index in [9.17, 15) is 14.8 Å². The van der Waals surface area contributed by atoms with Crippen LogP contribution in [0.15, 0.2) is 45.4 Å². The summed E-state index contributed by atoms with van der Waals surface area (Å²) >= 11 is 0. The minimum absolute atomic E-state index is 0.239. The summed E-state index contributed by atoms with van der Waals surface area (Å²) in [7, 11) is 2.54. The molecule has 0 fully saturated rings. The van der Waals surface area contributed by atoms with Crippen LogP contribution < -0.4 is 10.2 Å². The Labute approximate surface area is 148 Å². The fourth-order valence-electron chi connectivity index (χ4n) is 3.16. The standard InChI is InChI=1S/C17H17N3O6/c1-8-13(16(21)24-3)15(14(9(2)18-8)17(22)25-4)10-5-6-12-11(7-10)19-26-20(12)23/h5-7,15,18H,1-4H3. The highest BCUT2D eigenvalue weighted by Crippen LogP contribution is 2.39. The maximum absolute atomic E-state index is 12.4. The predicted molar refractivity (Wildman–Crippen MR) is 88.3 cm³/mol. The lowest BCUT2D eigenvalue weighted by Crippen LogP contribution is -2.32. The molecule has 0 saturated heterocycles. The van der Waals surface area contributed by atoms with Crippen LogP contribution in [0.25, 0.3) is 11.0 Å². The second-order valence-corrected chi connectivity index (χ2v) is 5.80. The van der Waals surface area contributed by atoms with Gasteiger partial charge in [-0.15, -0.1) is 0 Å². The van der Waals surface area contributed by atoms with Gasteiger partial charge in [0, 0.05) is 22.6 Å². The van der Waals surface area contributed by atoms with Crippen molar-refractivity contribution in [1.29, 1.82) is 0 Å². The summed E-state index contributed by atoms with van der Waals surface area (Å²) in [5.41, 5.74) is 2.79. The molecule has 1 aliphatic heterocycles. The van der Waals surface area contributed by atoms with Crippen molar-refractivity contribution in [1.82, 2.24) is 10.5 Å². The zero-order chi connectivity index (χ0) is 19.0. The lowest BCUT2D eigenvalue weighted by atomic mass is 9.80. The van der Waals surface area contributed by atoms with Gasteiger partial charge in [-0.1, -0.05) is 6.07 Å². The summed E-state index contributed by atoms with van der Waals surface area (Å²) in [6, 6.07) is 4.75. The zero-order valence-corrected chi connectivity index (χ0v) is 14.7. The second-order valence-electron chi connectivity index (χ2n) is 5.80. The number of ether oxygens (including phenoxy) is 2. The number of nitrogens with one attached hydrogen (secondary N) is 1. The van der Waals surface area contributed by atoms with Crippen LogP contribution in [-0.2, 0) is 19.1 Å². The van der Waals surface area contributed by atoms with E-state index in [2.05, 4.69) is 15.1 Å². The van der Waals surface area contributed by atoms with Gasteiger partial charge in [-0.2, -0.15) is 0 Å². The van der Waals surface area contributed by atoms with Crippen LogP contribution in [0, 0.1) is 5.21 Å². The van der Waals surface area contributed by atoms with Gasteiger partial charge in [0.05, 0.1) is 31.3 Å². The van der Waals surface area contributed by atoms with Crippen molar-refractivity contribution in [2.45, 2.75) is 19.8 Å². The predicted octanol–water partition coefficient (Wildman–Crippen LogP) is 1.04. The average molecular weight is 359 g/mol. The number of carbonyl (C=O) groups is 2. The molecule has 2 heterocycles. The largest absolute Gasteiger partial charge is 0.466 e. The van der Waals surface area contributed by atoms with Gasteiger partial charge in [0.25, 0.3) is 0 Å². The normalized spacial score (nSPS) is 15.2. The first-order valence-electron chi connectivity index (χ1n) is 7.73. The third kappa shape index (κ3) is 2.67. The van der Waals surface area contributed by atoms with Gasteiger partial charge >= 0.3 is 11.9 Å². The van der Waals surface area contributed by atoms with Crippen molar-refractivity contribution < 1.29 is 28.6 Å². The average Bonchev–Trinajstić information content (AvgIpc) is 3.00. The summed E-state index contributed by atoms with van der Waals surface area (Å²) in [6.45, 7) is 3.44. The molecule has 1 aromatic carbocycles. The van der Waals surface area contributed by atoms with Crippen molar-refractivity contribution in [2.24, 2.45) is 0 Å². The maximum atomic E-state index is 12.4. The van der Waals surface area contributed by atoms with Gasteiger partial charge in [0.2, 0.25) is 11.0 Å². The number of carbonyl (C=O) groups excluding carboxylic acids is 2. The fourth-order valence-corrected chi connectivity index (χ4v) is 3.16. The van der Waals surface area contributed by atoms with E-state index in [0.717, 1.165) is 0 Å². The number of esters is 2. The van der Waals surface area contributed by atoms with E-state index in [1.54, 1.807) is 26.0 Å². The number of fused-ring (bicyclic) bond motifs is 1. The summed E-state index contributed by atoms with van der Waals surface area (Å²) < 4.78 is 14.4. The summed E-state index contributed by atoms with van der Waals surface area (Å²) in [6.07, 6.45) is 0. The Bertz CT molecular complexity index is 934. The number of hydrogen-bond donors (Lipinski definition) is 1. The molecule has 1 N–H and O–H groups in total. The molecular weight excluding hydrogens is 342 g/mol. The highest BCUT2D eigenvalue weighted by molar-refractivity contribution is 6.00. The van der Waals surface area contributed by atoms with Crippen LogP contribution in [0.2, 0.25) is 0 Å². The van der Waals surface area contributed by atoms with E-state index < -0.39 is 17.9 Å². The van der Waals surface area contributed by atoms with E-state index in [-0.39, 0.29) is 21.6 Å². The molecule has 0 bridgehead atoms. The van der Waals surface area contributed by atoms with Crippen LogP contribution in [0.4, 0.5) is 0 Å². The van der Waals surface area contributed by atoms with Crippen molar-refractivity contribution in [2.75, 3.05) is 14.2 Å². The van der Waals surface area contributed by atoms with Crippen molar-refractivity contribution in [3.8, 4) is 0 Å². The Balaban J connectivity index is 2.24. The number of rotatable bonds is 3. The molecule has 9 nitrogen and oxygen atoms in total. The highest BCUT2D eigenvalue weighted by Gasteiger charge is 2.38. The van der Waals surface area contributed by atoms with Gasteiger partial charge < -0.3 is 20.0 Å². The fraction of sp³-hybridized carbons (Fsp3) is 0.294. The molecule has 0 radical (unpaired) electrons. The molecule has 1 aromatic heterocycles. The van der Waals surface area contributed by atoms with E-state index in [1.165, 1.54) is 20.3 Å². The number of methoxy groups -OCH3 is 2. The van der Waals surface area contributed by atoms with Gasteiger partial charge in [0.1, 0.15) is 0 Å². The van der Waals surface area contributed by atoms with Gasteiger partial charge in [-0.3, -0.25) is 4.63 Å². The number of dihydropyridines is 1. The quantitative estimate of drug-likeness (QED) is 0.638. The number of allylic oxidation sites excluding steroid dienone is 2. The van der Waals surface area contributed by atoms with Crippen LogP contribution in [0.5, 0.6) is 0 Å². The molecule has 0 amide bonds. The van der Waals surface area contributed by atoms with Gasteiger partial charge in [-0.25, -0.2) is 9.59 Å². The molecule has 0 unspecified atom stereocenters. The molecule has 0 aliphatic carbocycles. The number of benzene rings is 1. The Morgan fingerprint density at radius 3 is 2.27 bits per heavy atom. The lowest BCUT2D eigenvalue weighted by Gasteiger charge is -2.29. The molecule has 1 aliphatic rings. The number of hydrogen-bond acceptors (Lipinski definition) is 8. The smallest absolute Gasteiger partial charge is 0.336 e. The van der Waals surface area contributed by atoms with Crippen molar-refractivity contribution in [3.05, 3.63) is 51.5 Å². The van der Waals surface area contributed by atoms with E-state index in [4.69, 9.17) is 9.47 Å². The van der Waals surface area contributed by atoms with Gasteiger partial charge in [0.15, 0.2) is 0 Å². The Morgan fingerprint density at radius 2 is 1.73 bits per heavy atom. The monoisotopic (exact) mass is 359 g/mol. The van der Waals surface area contributed by atoms with Crippen LogP contribution in [0.1, 0.15) is 25.3 Å². The SMILES string of the molecule is COC(=O)C1=C(C)NC(C)=C(C(=O)OC)C1c1ccc2c(c1)no[n+]2[O-]. The van der Waals surface area contributed by atoms with E-state index >= 15 is 0 Å². The van der Waals surface area contributed by atoms with E-state index in [0.29, 0.717) is 22.5 Å². The summed E-state index contributed by atoms with van der Waals surface area (Å²) in [5.74, 6) is -1.89. The molecule has 0 saturated carbocycles. The minimum Gasteiger partial charge on any atom is -0.466 e. The van der Waals surface area contributed by atoms with Crippen LogP contribution in [0.3, 0.4) is 0 Å². The third-order valence-electron chi connectivity index (χ3n) is 4.31.